The fourth-order valence-corrected chi connectivity index (χ4v) is 2.28. The molecule has 0 aromatic carbocycles. The van der Waals surface area contributed by atoms with Crippen molar-refractivity contribution in [3.8, 4) is 0 Å². The third-order valence-electron chi connectivity index (χ3n) is 2.55. The predicted octanol–water partition coefficient (Wildman–Crippen LogP) is 1.13. The summed E-state index contributed by atoms with van der Waals surface area (Å²) in [6, 6.07) is 0.441. The maximum Gasteiger partial charge on any atom is 0.230 e. The largest absolute Gasteiger partial charge is 0.353 e. The second-order valence-electron chi connectivity index (χ2n) is 3.91. The van der Waals surface area contributed by atoms with Crippen molar-refractivity contribution in [3.63, 3.8) is 0 Å². The van der Waals surface area contributed by atoms with Crippen LogP contribution in [0.2, 0.25) is 0 Å². The quantitative estimate of drug-likeness (QED) is 0.724. The van der Waals surface area contributed by atoms with E-state index in [9.17, 15) is 4.79 Å². The number of carbonyl (C=O) groups is 1. The summed E-state index contributed by atoms with van der Waals surface area (Å²) < 4.78 is 0. The highest BCUT2D eigenvalue weighted by Gasteiger charge is 2.17. The van der Waals surface area contributed by atoms with Crippen LogP contribution in [0.5, 0.6) is 0 Å². The fourth-order valence-electron chi connectivity index (χ4n) is 1.63. The van der Waals surface area contributed by atoms with Gasteiger partial charge in [-0.15, -0.1) is 11.8 Å². The van der Waals surface area contributed by atoms with Gasteiger partial charge in [-0.05, 0) is 12.8 Å². The van der Waals surface area contributed by atoms with Gasteiger partial charge in [-0.3, -0.25) is 4.79 Å². The van der Waals surface area contributed by atoms with E-state index >= 15 is 0 Å². The Hall–Kier alpha value is -0.220. The molecular weight excluding hydrogens is 196 g/mol. The molecule has 0 spiro atoms. The monoisotopic (exact) mass is 216 g/mol. The Morgan fingerprint density at radius 2 is 2.21 bits per heavy atom. The molecule has 1 saturated carbocycles. The first kappa shape index (κ1) is 11.9. The highest BCUT2D eigenvalue weighted by Crippen LogP contribution is 2.18. The number of nitrogens with two attached hydrogens (primary N) is 1. The molecule has 0 saturated heterocycles. The molecule has 14 heavy (non-hydrogen) atoms. The molecule has 1 unspecified atom stereocenters. The molecule has 1 aliphatic rings. The molecule has 0 radical (unpaired) electrons. The Morgan fingerprint density at radius 1 is 1.57 bits per heavy atom. The normalized spacial score (nSPS) is 19.6. The molecule has 1 rings (SSSR count). The van der Waals surface area contributed by atoms with Crippen LogP contribution in [0.4, 0.5) is 0 Å². The van der Waals surface area contributed by atoms with Crippen LogP contribution in [0.1, 0.15) is 32.6 Å². The van der Waals surface area contributed by atoms with Crippen molar-refractivity contribution in [2.24, 2.45) is 5.73 Å². The van der Waals surface area contributed by atoms with Gasteiger partial charge in [0.25, 0.3) is 0 Å². The van der Waals surface area contributed by atoms with Crippen LogP contribution in [0, 0.1) is 0 Å². The highest BCUT2D eigenvalue weighted by molar-refractivity contribution is 8.00. The SMILES string of the molecule is CC(CN)SCC(=O)NC1CCCC1. The van der Waals surface area contributed by atoms with Crippen molar-refractivity contribution in [2.45, 2.75) is 43.9 Å². The number of rotatable bonds is 5. The molecule has 0 aliphatic heterocycles. The van der Waals surface area contributed by atoms with Crippen LogP contribution in [-0.4, -0.2) is 29.5 Å². The zero-order valence-electron chi connectivity index (χ0n) is 8.79. The number of hydrogen-bond donors (Lipinski definition) is 2. The third-order valence-corrected chi connectivity index (χ3v) is 3.74. The van der Waals surface area contributed by atoms with E-state index in [1.165, 1.54) is 12.8 Å². The van der Waals surface area contributed by atoms with E-state index in [2.05, 4.69) is 5.32 Å². The van der Waals surface area contributed by atoms with E-state index in [0.29, 0.717) is 23.6 Å². The van der Waals surface area contributed by atoms with Crippen molar-refractivity contribution in [2.75, 3.05) is 12.3 Å². The number of amides is 1. The van der Waals surface area contributed by atoms with Gasteiger partial charge in [0.2, 0.25) is 5.91 Å². The minimum atomic E-state index is 0.169. The fraction of sp³-hybridized carbons (Fsp3) is 0.900. The molecule has 0 bridgehead atoms. The predicted molar refractivity (Wildman–Crippen MR) is 61.4 cm³/mol. The highest BCUT2D eigenvalue weighted by atomic mass is 32.2. The van der Waals surface area contributed by atoms with Crippen molar-refractivity contribution in [3.05, 3.63) is 0 Å². The molecule has 0 aromatic rings. The number of hydrogen-bond acceptors (Lipinski definition) is 3. The van der Waals surface area contributed by atoms with E-state index in [1.807, 2.05) is 6.92 Å². The van der Waals surface area contributed by atoms with E-state index in [-0.39, 0.29) is 5.91 Å². The molecule has 3 N–H and O–H groups in total. The van der Waals surface area contributed by atoms with Crippen molar-refractivity contribution in [1.82, 2.24) is 5.32 Å². The van der Waals surface area contributed by atoms with Crippen LogP contribution in [-0.2, 0) is 4.79 Å². The molecule has 1 atom stereocenters. The summed E-state index contributed by atoms with van der Waals surface area (Å²) in [5, 5.41) is 3.44. The Morgan fingerprint density at radius 3 is 2.79 bits per heavy atom. The van der Waals surface area contributed by atoms with E-state index in [1.54, 1.807) is 11.8 Å². The average molecular weight is 216 g/mol. The first-order valence-corrected chi connectivity index (χ1v) is 6.38. The Bertz CT molecular complexity index is 181. The first-order valence-electron chi connectivity index (χ1n) is 5.33. The molecule has 3 nitrogen and oxygen atoms in total. The topological polar surface area (TPSA) is 55.1 Å². The van der Waals surface area contributed by atoms with Crippen molar-refractivity contribution < 1.29 is 4.79 Å². The van der Waals surface area contributed by atoms with Gasteiger partial charge in [-0.2, -0.15) is 0 Å². The lowest BCUT2D eigenvalue weighted by atomic mass is 10.2. The number of nitrogens with one attached hydrogen (secondary N) is 1. The first-order chi connectivity index (χ1) is 6.72. The summed E-state index contributed by atoms with van der Waals surface area (Å²) in [5.41, 5.74) is 5.47. The number of carbonyl (C=O) groups excluding carboxylic acids is 1. The maximum atomic E-state index is 11.4. The van der Waals surface area contributed by atoms with Crippen molar-refractivity contribution in [1.29, 1.82) is 0 Å². The minimum absolute atomic E-state index is 0.169. The summed E-state index contributed by atoms with van der Waals surface area (Å²) in [4.78, 5) is 11.4. The van der Waals surface area contributed by atoms with Gasteiger partial charge < -0.3 is 11.1 Å². The number of thioether (sulfide) groups is 1. The van der Waals surface area contributed by atoms with Gasteiger partial charge in [0.15, 0.2) is 0 Å². The van der Waals surface area contributed by atoms with Crippen LogP contribution in [0.3, 0.4) is 0 Å². The molecule has 0 heterocycles. The summed E-state index contributed by atoms with van der Waals surface area (Å²) in [6.07, 6.45) is 4.83. The lowest BCUT2D eigenvalue weighted by molar-refractivity contribution is -0.119. The Balaban J connectivity index is 2.09. The maximum absolute atomic E-state index is 11.4. The summed E-state index contributed by atoms with van der Waals surface area (Å²) in [5.74, 6) is 0.719. The van der Waals surface area contributed by atoms with Gasteiger partial charge in [-0.1, -0.05) is 19.8 Å². The standard InChI is InChI=1S/C10H20N2OS/c1-8(6-11)14-7-10(13)12-9-4-2-3-5-9/h8-9H,2-7,11H2,1H3,(H,12,13). The van der Waals surface area contributed by atoms with Gasteiger partial charge >= 0.3 is 0 Å². The van der Waals surface area contributed by atoms with Gasteiger partial charge in [-0.25, -0.2) is 0 Å². The Kier molecular flexibility index (Phi) is 5.33. The van der Waals surface area contributed by atoms with Gasteiger partial charge in [0.05, 0.1) is 5.75 Å². The second-order valence-corrected chi connectivity index (χ2v) is 5.33. The lowest BCUT2D eigenvalue weighted by Gasteiger charge is -2.13. The lowest BCUT2D eigenvalue weighted by Crippen LogP contribution is -2.34. The summed E-state index contributed by atoms with van der Waals surface area (Å²) in [7, 11) is 0. The Labute approximate surface area is 90.2 Å². The van der Waals surface area contributed by atoms with Gasteiger partial charge in [0, 0.05) is 17.8 Å². The summed E-state index contributed by atoms with van der Waals surface area (Å²) >= 11 is 1.63. The molecule has 1 amide bonds. The van der Waals surface area contributed by atoms with Crippen LogP contribution in [0.15, 0.2) is 0 Å². The van der Waals surface area contributed by atoms with Crippen molar-refractivity contribution >= 4 is 17.7 Å². The van der Waals surface area contributed by atoms with E-state index in [0.717, 1.165) is 12.8 Å². The second kappa shape index (κ2) is 6.30. The molecular formula is C10H20N2OS. The molecule has 82 valence electrons. The smallest absolute Gasteiger partial charge is 0.230 e. The molecule has 1 aliphatic carbocycles. The van der Waals surface area contributed by atoms with Crippen LogP contribution >= 0.6 is 11.8 Å². The zero-order chi connectivity index (χ0) is 10.4. The third kappa shape index (κ3) is 4.33. The van der Waals surface area contributed by atoms with E-state index < -0.39 is 0 Å². The van der Waals surface area contributed by atoms with Crippen LogP contribution in [0.25, 0.3) is 0 Å². The molecule has 4 heteroatoms. The average Bonchev–Trinajstić information content (AvgIpc) is 2.66. The molecule has 0 aromatic heterocycles. The van der Waals surface area contributed by atoms with Gasteiger partial charge in [0.1, 0.15) is 0 Å². The molecule has 1 fully saturated rings. The summed E-state index contributed by atoms with van der Waals surface area (Å²) in [6.45, 7) is 2.69. The zero-order valence-corrected chi connectivity index (χ0v) is 9.61. The van der Waals surface area contributed by atoms with Crippen LogP contribution < -0.4 is 11.1 Å². The van der Waals surface area contributed by atoms with E-state index in [4.69, 9.17) is 5.73 Å². The minimum Gasteiger partial charge on any atom is -0.353 e.